The zero-order valence-electron chi connectivity index (χ0n) is 9.63. The average Bonchev–Trinajstić information content (AvgIpc) is 2.34. The van der Waals surface area contributed by atoms with Crippen molar-refractivity contribution >= 4 is 12.0 Å². The predicted molar refractivity (Wildman–Crippen MR) is 53.4 cm³/mol. The Morgan fingerprint density at radius 3 is 1.81 bits per heavy atom. The molecule has 0 atom stereocenters. The Morgan fingerprint density at radius 2 is 1.48 bits per heavy atom. The van der Waals surface area contributed by atoms with E-state index < -0.39 is 39.8 Å². The highest BCUT2D eigenvalue weighted by Crippen LogP contribution is 2.53. The van der Waals surface area contributed by atoms with Gasteiger partial charge in [0.25, 0.3) is 5.69 Å². The first-order valence-corrected chi connectivity index (χ1v) is 4.92. The number of nitro groups is 1. The van der Waals surface area contributed by atoms with Gasteiger partial charge in [-0.15, -0.1) is 0 Å². The fourth-order valence-electron chi connectivity index (χ4n) is 1.52. The minimum Gasteiger partial charge on any atom is -0.298 e. The molecule has 0 N–H and O–H groups in total. The molecule has 0 radical (unpaired) electrons. The molecule has 0 aliphatic heterocycles. The zero-order valence-corrected chi connectivity index (χ0v) is 9.63. The zero-order chi connectivity index (χ0) is 16.6. The van der Waals surface area contributed by atoms with Crippen molar-refractivity contribution in [3.05, 3.63) is 39.4 Å². The van der Waals surface area contributed by atoms with Gasteiger partial charge in [0.2, 0.25) is 0 Å². The number of nitro benzene ring substituents is 1. The summed E-state index contributed by atoms with van der Waals surface area (Å²) in [7, 11) is 0. The number of alkyl halides is 7. The maximum Gasteiger partial charge on any atom is 0.435 e. The summed E-state index contributed by atoms with van der Waals surface area (Å²) >= 11 is 0. The number of aldehydes is 1. The van der Waals surface area contributed by atoms with Gasteiger partial charge in [-0.05, 0) is 12.1 Å². The number of hydrogen-bond acceptors (Lipinski definition) is 3. The Balaban J connectivity index is 3.63. The molecule has 11 heteroatoms. The van der Waals surface area contributed by atoms with Crippen LogP contribution in [0, 0.1) is 10.1 Å². The molecule has 1 aromatic rings. The van der Waals surface area contributed by atoms with E-state index in [9.17, 15) is 45.6 Å². The molecule has 0 fully saturated rings. The van der Waals surface area contributed by atoms with E-state index in [2.05, 4.69) is 0 Å². The van der Waals surface area contributed by atoms with Crippen molar-refractivity contribution in [1.29, 1.82) is 0 Å². The largest absolute Gasteiger partial charge is 0.435 e. The van der Waals surface area contributed by atoms with Crippen LogP contribution in [0.4, 0.5) is 36.4 Å². The van der Waals surface area contributed by atoms with Crippen LogP contribution in [0.5, 0.6) is 0 Å². The van der Waals surface area contributed by atoms with Crippen LogP contribution in [-0.2, 0) is 5.67 Å². The summed E-state index contributed by atoms with van der Waals surface area (Å²) < 4.78 is 88.4. The highest BCUT2D eigenvalue weighted by Gasteiger charge is 2.73. The molecule has 4 nitrogen and oxygen atoms in total. The van der Waals surface area contributed by atoms with Crippen LogP contribution in [0.2, 0.25) is 0 Å². The molecule has 0 amide bonds. The number of nitrogens with zero attached hydrogens (tertiary/aromatic N) is 1. The summed E-state index contributed by atoms with van der Waals surface area (Å²) in [4.78, 5) is 19.8. The molecular weight excluding hydrogens is 315 g/mol. The average molecular weight is 319 g/mol. The van der Waals surface area contributed by atoms with Gasteiger partial charge in [-0.25, -0.2) is 4.39 Å². The van der Waals surface area contributed by atoms with Crippen molar-refractivity contribution < 1.29 is 40.5 Å². The lowest BCUT2D eigenvalue weighted by molar-refractivity contribution is -0.385. The quantitative estimate of drug-likeness (QED) is 0.369. The number of hydrogen-bond donors (Lipinski definition) is 0. The van der Waals surface area contributed by atoms with Crippen molar-refractivity contribution in [3.8, 4) is 0 Å². The normalized spacial score (nSPS) is 13.1. The molecule has 0 saturated heterocycles. The standard InChI is InChI=1S/C10H4F7NO3/c11-8(9(12,13)14,10(15,16)17)6-1-2-7(18(20)21)5(3-6)4-19/h1-4H. The molecule has 0 aliphatic rings. The molecule has 0 aromatic heterocycles. The van der Waals surface area contributed by atoms with E-state index in [1.54, 1.807) is 0 Å². The Kier molecular flexibility index (Phi) is 3.99. The Bertz CT molecular complexity index is 565. The lowest BCUT2D eigenvalue weighted by Gasteiger charge is -2.30. The lowest BCUT2D eigenvalue weighted by Crippen LogP contribution is -2.50. The van der Waals surface area contributed by atoms with Gasteiger partial charge >= 0.3 is 18.0 Å². The van der Waals surface area contributed by atoms with E-state index in [0.29, 0.717) is 0 Å². The van der Waals surface area contributed by atoms with Crippen molar-refractivity contribution in [2.24, 2.45) is 0 Å². The molecule has 0 unspecified atom stereocenters. The smallest absolute Gasteiger partial charge is 0.298 e. The monoisotopic (exact) mass is 319 g/mol. The van der Waals surface area contributed by atoms with E-state index >= 15 is 0 Å². The van der Waals surface area contributed by atoms with Gasteiger partial charge < -0.3 is 0 Å². The first-order valence-electron chi connectivity index (χ1n) is 4.92. The van der Waals surface area contributed by atoms with E-state index in [1.807, 2.05) is 0 Å². The summed E-state index contributed by atoms with van der Waals surface area (Å²) in [5.41, 5.74) is -9.85. The van der Waals surface area contributed by atoms with E-state index in [4.69, 9.17) is 0 Å². The van der Waals surface area contributed by atoms with Gasteiger partial charge in [0.05, 0.1) is 10.5 Å². The van der Waals surface area contributed by atoms with E-state index in [0.717, 1.165) is 0 Å². The summed E-state index contributed by atoms with van der Waals surface area (Å²) in [5, 5.41) is 10.4. The first-order chi connectivity index (χ1) is 9.36. The van der Waals surface area contributed by atoms with Crippen LogP contribution in [0.1, 0.15) is 15.9 Å². The second-order valence-corrected chi connectivity index (χ2v) is 3.80. The Morgan fingerprint density at radius 1 is 1.00 bits per heavy atom. The number of halogens is 7. The minimum atomic E-state index is -6.36. The van der Waals surface area contributed by atoms with E-state index in [1.165, 1.54) is 0 Å². The third kappa shape index (κ3) is 2.67. The third-order valence-electron chi connectivity index (χ3n) is 2.53. The highest BCUT2D eigenvalue weighted by molar-refractivity contribution is 5.81. The van der Waals surface area contributed by atoms with Gasteiger partial charge in [0.15, 0.2) is 6.29 Å². The van der Waals surface area contributed by atoms with Crippen molar-refractivity contribution in [2.75, 3.05) is 0 Å². The number of rotatable bonds is 3. The molecule has 1 rings (SSSR count). The van der Waals surface area contributed by atoms with Gasteiger partial charge in [-0.3, -0.25) is 14.9 Å². The van der Waals surface area contributed by atoms with Gasteiger partial charge in [0, 0.05) is 11.6 Å². The van der Waals surface area contributed by atoms with Crippen LogP contribution >= 0.6 is 0 Å². The van der Waals surface area contributed by atoms with Crippen molar-refractivity contribution in [1.82, 2.24) is 0 Å². The molecule has 0 spiro atoms. The van der Waals surface area contributed by atoms with Crippen LogP contribution in [0.15, 0.2) is 18.2 Å². The summed E-state index contributed by atoms with van der Waals surface area (Å²) in [6, 6.07) is 0.0170. The fraction of sp³-hybridized carbons (Fsp3) is 0.300. The van der Waals surface area contributed by atoms with Crippen LogP contribution in [0.25, 0.3) is 0 Å². The summed E-state index contributed by atoms with van der Waals surface area (Å²) in [6.07, 6.45) is -13.1. The van der Waals surface area contributed by atoms with E-state index in [-0.39, 0.29) is 24.5 Å². The highest BCUT2D eigenvalue weighted by atomic mass is 19.4. The maximum atomic E-state index is 13.7. The third-order valence-corrected chi connectivity index (χ3v) is 2.53. The molecule has 0 saturated carbocycles. The Hall–Kier alpha value is -2.20. The Labute approximate surface area is 111 Å². The van der Waals surface area contributed by atoms with Crippen LogP contribution in [0.3, 0.4) is 0 Å². The maximum absolute atomic E-state index is 13.7. The summed E-state index contributed by atoms with van der Waals surface area (Å²) in [6.45, 7) is 0. The molecule has 0 heterocycles. The number of benzene rings is 1. The van der Waals surface area contributed by atoms with Gasteiger partial charge in [0.1, 0.15) is 0 Å². The molecule has 116 valence electrons. The number of carbonyl (C=O) groups excluding carboxylic acids is 1. The van der Waals surface area contributed by atoms with Crippen molar-refractivity contribution in [2.45, 2.75) is 18.0 Å². The molecule has 1 aromatic carbocycles. The molecular formula is C10H4F7NO3. The predicted octanol–water partition coefficient (Wildman–Crippen LogP) is 3.70. The molecule has 0 aliphatic carbocycles. The molecule has 0 bridgehead atoms. The van der Waals surface area contributed by atoms with Gasteiger partial charge in [-0.1, -0.05) is 0 Å². The van der Waals surface area contributed by atoms with Crippen LogP contribution in [-0.4, -0.2) is 23.6 Å². The summed E-state index contributed by atoms with van der Waals surface area (Å²) in [5.74, 6) is 0. The minimum absolute atomic E-state index is 0.0356. The van der Waals surface area contributed by atoms with Crippen LogP contribution < -0.4 is 0 Å². The second-order valence-electron chi connectivity index (χ2n) is 3.80. The lowest BCUT2D eigenvalue weighted by atomic mass is 9.92. The number of carbonyl (C=O) groups is 1. The second kappa shape index (κ2) is 4.97. The fourth-order valence-corrected chi connectivity index (χ4v) is 1.52. The topological polar surface area (TPSA) is 60.2 Å². The SMILES string of the molecule is O=Cc1cc(C(F)(C(F)(F)F)C(F)(F)F)ccc1[N+](=O)[O-]. The van der Waals surface area contributed by atoms with Gasteiger partial charge in [-0.2, -0.15) is 26.3 Å². The first kappa shape index (κ1) is 16.9. The molecule has 21 heavy (non-hydrogen) atoms. The van der Waals surface area contributed by atoms with Crippen molar-refractivity contribution in [3.63, 3.8) is 0 Å².